The predicted octanol–water partition coefficient (Wildman–Crippen LogP) is 4.84. The third-order valence-electron chi connectivity index (χ3n) is 9.55. The van der Waals surface area contributed by atoms with Gasteiger partial charge in [-0.25, -0.2) is 0 Å². The summed E-state index contributed by atoms with van der Waals surface area (Å²) >= 11 is 0. The van der Waals surface area contributed by atoms with Gasteiger partial charge in [0.2, 0.25) is 0 Å². The molecule has 2 aliphatic carbocycles. The fourth-order valence-electron chi connectivity index (χ4n) is 7.56. The quantitative estimate of drug-likeness (QED) is 0.181. The SMILES string of the molecule is Cc1cc2c(cc1C(C)(C)C)=c1c(c(C3=CC=CC3)c(C)c(C(C)(C)C)c1=C(c1ccc(C(F)(F)F)cc1)c1ccc(C(F)(F)F)cc1)[C-]=2.[Cl-].[Cl-].[Zr+3]. The summed E-state index contributed by atoms with van der Waals surface area (Å²) < 4.78 is 82.6. The molecule has 271 valence electrons. The molecule has 0 fully saturated rings. The molecule has 52 heavy (non-hydrogen) atoms. The van der Waals surface area contributed by atoms with Crippen molar-refractivity contribution in [3.05, 3.63) is 155 Å². The number of fused-ring (bicyclic) bond motifs is 2. The maximum Gasteiger partial charge on any atom is 3.00 e. The van der Waals surface area contributed by atoms with Gasteiger partial charge in [0.25, 0.3) is 0 Å². The summed E-state index contributed by atoms with van der Waals surface area (Å²) in [6.07, 6.45) is 1.65. The van der Waals surface area contributed by atoms with Crippen LogP contribution in [0, 0.1) is 24.3 Å². The van der Waals surface area contributed by atoms with E-state index in [1.54, 1.807) is 0 Å². The Morgan fingerprint density at radius 3 is 1.60 bits per heavy atom. The van der Waals surface area contributed by atoms with Crippen molar-refractivity contribution in [2.24, 2.45) is 0 Å². The molecule has 0 heterocycles. The van der Waals surface area contributed by atoms with E-state index in [1.165, 1.54) is 24.3 Å². The zero-order valence-electron chi connectivity index (χ0n) is 30.2. The molecule has 0 unspecified atom stereocenters. The molecule has 4 aromatic rings. The summed E-state index contributed by atoms with van der Waals surface area (Å²) in [5.74, 6) is 0. The van der Waals surface area contributed by atoms with E-state index in [0.717, 1.165) is 90.5 Å². The van der Waals surface area contributed by atoms with E-state index >= 15 is 0 Å². The van der Waals surface area contributed by atoms with Crippen LogP contribution in [0.25, 0.3) is 17.2 Å². The second-order valence-electron chi connectivity index (χ2n) is 15.2. The van der Waals surface area contributed by atoms with Crippen LogP contribution >= 0.6 is 0 Å². The Hall–Kier alpha value is -2.86. The van der Waals surface area contributed by atoms with E-state index in [9.17, 15) is 26.3 Å². The summed E-state index contributed by atoms with van der Waals surface area (Å²) in [4.78, 5) is 0. The van der Waals surface area contributed by atoms with Gasteiger partial charge in [-0.05, 0) is 82.8 Å². The molecule has 0 atom stereocenters. The second kappa shape index (κ2) is 15.1. The molecule has 6 rings (SSSR count). The van der Waals surface area contributed by atoms with E-state index < -0.39 is 28.9 Å². The van der Waals surface area contributed by atoms with Gasteiger partial charge < -0.3 is 24.8 Å². The Bertz CT molecular complexity index is 2220. The van der Waals surface area contributed by atoms with Crippen LogP contribution in [-0.4, -0.2) is 0 Å². The monoisotopic (exact) mass is 829 g/mol. The van der Waals surface area contributed by atoms with Gasteiger partial charge in [-0.3, -0.25) is 0 Å². The summed E-state index contributed by atoms with van der Waals surface area (Å²) in [7, 11) is 0. The van der Waals surface area contributed by atoms with Gasteiger partial charge in [-0.1, -0.05) is 118 Å². The molecule has 2 aliphatic rings. The Morgan fingerprint density at radius 2 is 1.19 bits per heavy atom. The minimum Gasteiger partial charge on any atom is -1.00 e. The Labute approximate surface area is 333 Å². The predicted molar refractivity (Wildman–Crippen MR) is 185 cm³/mol. The summed E-state index contributed by atoms with van der Waals surface area (Å²) in [5, 5.41) is 3.56. The standard InChI is InChI=1S/C43H39F6.2ClH.Zr/c1-24-21-29-22-33-35(26-11-9-10-12-26)25(2)39(41(6,7)8)38(37(33)32(29)23-34(24)40(3,4)5)36(27-13-17-30(18-14-27)42(44,45)46)28-15-19-31(20-16-28)43(47,48)49;;;/h9-11,13-21,23H,12H2,1-8H3;2*1H;/q-1;;;+3/p-2. The van der Waals surface area contributed by atoms with Crippen molar-refractivity contribution in [1.82, 2.24) is 0 Å². The molecule has 0 aliphatic heterocycles. The number of hydrogen-bond donors (Lipinski definition) is 0. The zero-order chi connectivity index (χ0) is 35.8. The van der Waals surface area contributed by atoms with Crippen LogP contribution in [0.15, 0.2) is 78.9 Å². The van der Waals surface area contributed by atoms with Crippen LogP contribution in [-0.2, 0) is 49.4 Å². The van der Waals surface area contributed by atoms with Gasteiger partial charge in [0.05, 0.1) is 11.1 Å². The van der Waals surface area contributed by atoms with Crippen molar-refractivity contribution in [2.45, 2.75) is 85.0 Å². The molecule has 0 spiro atoms. The third-order valence-corrected chi connectivity index (χ3v) is 9.55. The molecule has 1 radical (unpaired) electrons. The molecule has 0 N–H and O–H groups in total. The van der Waals surface area contributed by atoms with Crippen molar-refractivity contribution in [3.63, 3.8) is 0 Å². The number of hydrogen-bond acceptors (Lipinski definition) is 0. The average Bonchev–Trinajstić information content (AvgIpc) is 3.63. The second-order valence-corrected chi connectivity index (χ2v) is 15.2. The molecule has 0 saturated heterocycles. The summed E-state index contributed by atoms with van der Waals surface area (Å²) in [6.45, 7) is 16.9. The minimum absolute atomic E-state index is 0. The molecule has 0 nitrogen and oxygen atoms in total. The molecular weight excluding hydrogens is 793 g/mol. The van der Waals surface area contributed by atoms with E-state index in [4.69, 9.17) is 0 Å². The smallest absolute Gasteiger partial charge is 1.00 e. The fourth-order valence-corrected chi connectivity index (χ4v) is 7.56. The average molecular weight is 832 g/mol. The number of allylic oxidation sites excluding steroid dienone is 4. The first kappa shape index (κ1) is 43.5. The van der Waals surface area contributed by atoms with Crippen LogP contribution < -0.4 is 35.3 Å². The molecule has 0 bridgehead atoms. The van der Waals surface area contributed by atoms with Gasteiger partial charge in [0.1, 0.15) is 0 Å². The van der Waals surface area contributed by atoms with Gasteiger partial charge in [-0.2, -0.15) is 26.3 Å². The number of halogens is 8. The molecule has 9 heteroatoms. The zero-order valence-corrected chi connectivity index (χ0v) is 34.2. The molecule has 0 saturated carbocycles. The van der Waals surface area contributed by atoms with Gasteiger partial charge in [0.15, 0.2) is 0 Å². The Morgan fingerprint density at radius 1 is 0.692 bits per heavy atom. The van der Waals surface area contributed by atoms with Crippen LogP contribution in [0.2, 0.25) is 0 Å². The number of aryl methyl sites for hydroxylation is 1. The maximum atomic E-state index is 13.8. The first-order valence-corrected chi connectivity index (χ1v) is 16.4. The van der Waals surface area contributed by atoms with Crippen molar-refractivity contribution < 1.29 is 77.4 Å². The Balaban J connectivity index is 0.00000243. The number of alkyl halides is 6. The number of rotatable bonds is 3. The van der Waals surface area contributed by atoms with E-state index in [1.807, 2.05) is 6.08 Å². The van der Waals surface area contributed by atoms with E-state index in [-0.39, 0.29) is 56.4 Å². The third kappa shape index (κ3) is 7.98. The topological polar surface area (TPSA) is 0 Å². The van der Waals surface area contributed by atoms with Crippen molar-refractivity contribution >= 4 is 17.2 Å². The maximum absolute atomic E-state index is 13.8. The molecule has 4 aromatic carbocycles. The van der Waals surface area contributed by atoms with E-state index in [0.29, 0.717) is 16.7 Å². The first-order valence-electron chi connectivity index (χ1n) is 16.4. The fraction of sp³-hybridized carbons (Fsp3) is 0.302. The van der Waals surface area contributed by atoms with Crippen LogP contribution in [0.3, 0.4) is 0 Å². The largest absolute Gasteiger partial charge is 3.00 e. The van der Waals surface area contributed by atoms with Gasteiger partial charge in [0, 0.05) is 0 Å². The van der Waals surface area contributed by atoms with E-state index in [2.05, 4.69) is 85.8 Å². The number of benzene rings is 4. The minimum atomic E-state index is -4.55. The van der Waals surface area contributed by atoms with Gasteiger partial charge in [-0.15, -0.1) is 33.4 Å². The van der Waals surface area contributed by atoms with Crippen LogP contribution in [0.4, 0.5) is 26.3 Å². The summed E-state index contributed by atoms with van der Waals surface area (Å²) in [5.41, 5.74) is 6.65. The van der Waals surface area contributed by atoms with Crippen LogP contribution in [0.1, 0.15) is 104 Å². The molecule has 0 amide bonds. The van der Waals surface area contributed by atoms with Crippen molar-refractivity contribution in [3.8, 4) is 0 Å². The molecule has 0 aromatic heterocycles. The first-order chi connectivity index (χ1) is 22.7. The normalized spacial score (nSPS) is 13.6. The van der Waals surface area contributed by atoms with Crippen LogP contribution in [0.5, 0.6) is 0 Å². The van der Waals surface area contributed by atoms with Crippen molar-refractivity contribution in [1.29, 1.82) is 0 Å². The summed E-state index contributed by atoms with van der Waals surface area (Å²) in [6, 6.07) is 14.2. The Kier molecular flexibility index (Phi) is 12.7. The van der Waals surface area contributed by atoms with Gasteiger partial charge >= 0.3 is 38.6 Å². The van der Waals surface area contributed by atoms with Crippen molar-refractivity contribution in [2.75, 3.05) is 0 Å². The molecular formula is C43H39Cl2F6Zr.